The summed E-state index contributed by atoms with van der Waals surface area (Å²) in [6.07, 6.45) is 9.84. The molecule has 0 atom stereocenters. The number of hydrogen-bond donors (Lipinski definition) is 0. The van der Waals surface area contributed by atoms with Gasteiger partial charge in [-0.05, 0) is 44.0 Å². The van der Waals surface area contributed by atoms with Crippen molar-refractivity contribution in [1.29, 1.82) is 0 Å². The van der Waals surface area contributed by atoms with E-state index in [0.29, 0.717) is 5.15 Å². The first-order valence-electron chi connectivity index (χ1n) is 8.35. The second-order valence-corrected chi connectivity index (χ2v) is 6.38. The first-order valence-corrected chi connectivity index (χ1v) is 8.73. The summed E-state index contributed by atoms with van der Waals surface area (Å²) in [6, 6.07) is 4.00. The maximum Gasteiger partial charge on any atom is 0.129 e. The second-order valence-electron chi connectivity index (χ2n) is 5.99. The number of halogens is 1. The molecule has 3 heterocycles. The van der Waals surface area contributed by atoms with Crippen LogP contribution in [0.25, 0.3) is 17.5 Å². The third kappa shape index (κ3) is 3.22. The van der Waals surface area contributed by atoms with Crippen molar-refractivity contribution < 1.29 is 0 Å². The molecular weight excluding hydrogens is 332 g/mol. The third-order valence-corrected chi connectivity index (χ3v) is 4.50. The molecule has 0 aromatic carbocycles. The van der Waals surface area contributed by atoms with Crippen molar-refractivity contribution in [3.63, 3.8) is 0 Å². The van der Waals surface area contributed by atoms with Crippen LogP contribution in [0.4, 0.5) is 0 Å². The molecule has 0 saturated carbocycles. The Labute approximate surface area is 153 Å². The number of pyridine rings is 2. The predicted molar refractivity (Wildman–Crippen MR) is 105 cm³/mol. The van der Waals surface area contributed by atoms with Crippen molar-refractivity contribution >= 4 is 35.8 Å². The Morgan fingerprint density at radius 2 is 2.04 bits per heavy atom. The van der Waals surface area contributed by atoms with Crippen molar-refractivity contribution in [3.05, 3.63) is 63.7 Å². The molecule has 25 heavy (non-hydrogen) atoms. The lowest BCUT2D eigenvalue weighted by atomic mass is 9.96. The smallest absolute Gasteiger partial charge is 0.129 e. The second kappa shape index (κ2) is 7.19. The lowest BCUT2D eigenvalue weighted by Gasteiger charge is -2.30. The van der Waals surface area contributed by atoms with Gasteiger partial charge in [0.2, 0.25) is 0 Å². The van der Waals surface area contributed by atoms with E-state index in [0.717, 1.165) is 46.6 Å². The summed E-state index contributed by atoms with van der Waals surface area (Å²) >= 11 is 6.08. The molecule has 0 bridgehead atoms. The minimum Gasteiger partial charge on any atom is -0.261 e. The molecule has 128 valence electrons. The highest BCUT2D eigenvalue weighted by molar-refractivity contribution is 6.29. The molecule has 1 aliphatic heterocycles. The first kappa shape index (κ1) is 17.4. The van der Waals surface area contributed by atoms with Crippen LogP contribution >= 0.6 is 11.6 Å². The van der Waals surface area contributed by atoms with E-state index in [4.69, 9.17) is 11.6 Å². The maximum atomic E-state index is 6.08. The summed E-state index contributed by atoms with van der Waals surface area (Å²) in [5.74, 6) is 0. The molecule has 0 unspecified atom stereocenters. The van der Waals surface area contributed by atoms with Crippen molar-refractivity contribution in [1.82, 2.24) is 15.0 Å². The zero-order valence-electron chi connectivity index (χ0n) is 14.8. The number of aryl methyl sites for hydroxylation is 2. The summed E-state index contributed by atoms with van der Waals surface area (Å²) in [5, 5.41) is 6.54. The van der Waals surface area contributed by atoms with E-state index in [2.05, 4.69) is 47.8 Å². The van der Waals surface area contributed by atoms with Gasteiger partial charge in [-0.25, -0.2) is 9.99 Å². The fraction of sp³-hybridized carbons (Fsp3) is 0.250. The molecule has 4 nitrogen and oxygen atoms in total. The van der Waals surface area contributed by atoms with Gasteiger partial charge >= 0.3 is 0 Å². The molecule has 0 aliphatic carbocycles. The average Bonchev–Trinajstić information content (AvgIpc) is 2.60. The van der Waals surface area contributed by atoms with Crippen LogP contribution in [0.3, 0.4) is 0 Å². The van der Waals surface area contributed by atoms with Gasteiger partial charge in [-0.2, -0.15) is 5.10 Å². The average molecular weight is 353 g/mol. The molecule has 0 N–H and O–H groups in total. The van der Waals surface area contributed by atoms with Gasteiger partial charge in [-0.1, -0.05) is 31.0 Å². The number of fused-ring (bicyclic) bond motifs is 1. The lowest BCUT2D eigenvalue weighted by Crippen LogP contribution is -2.19. The molecule has 0 amide bonds. The molecule has 0 spiro atoms. The van der Waals surface area contributed by atoms with Crippen LogP contribution < -0.4 is 0 Å². The molecule has 1 aliphatic rings. The molecular formula is C20H21ClN4. The Hall–Kier alpha value is -2.46. The highest BCUT2D eigenvalue weighted by Gasteiger charge is 2.25. The zero-order chi connectivity index (χ0) is 18.0. The van der Waals surface area contributed by atoms with Gasteiger partial charge in [0.25, 0.3) is 0 Å². The minimum atomic E-state index is 0.459. The van der Waals surface area contributed by atoms with Crippen LogP contribution in [0, 0.1) is 6.92 Å². The third-order valence-electron chi connectivity index (χ3n) is 4.29. The molecule has 0 radical (unpaired) electrons. The summed E-state index contributed by atoms with van der Waals surface area (Å²) in [7, 11) is 0. The number of hydrogen-bond acceptors (Lipinski definition) is 4. The van der Waals surface area contributed by atoms with Crippen molar-refractivity contribution in [2.24, 2.45) is 5.10 Å². The fourth-order valence-corrected chi connectivity index (χ4v) is 3.28. The van der Waals surface area contributed by atoms with Crippen molar-refractivity contribution in [2.45, 2.75) is 33.6 Å². The summed E-state index contributed by atoms with van der Waals surface area (Å²) < 4.78 is 0. The van der Waals surface area contributed by atoms with Gasteiger partial charge in [-0.3, -0.25) is 4.98 Å². The van der Waals surface area contributed by atoms with Gasteiger partial charge in [0.15, 0.2) is 0 Å². The lowest BCUT2D eigenvalue weighted by molar-refractivity contribution is 0.602. The largest absolute Gasteiger partial charge is 0.261 e. The van der Waals surface area contributed by atoms with Crippen LogP contribution in [0.1, 0.15) is 48.2 Å². The van der Waals surface area contributed by atoms with E-state index < -0.39 is 0 Å². The molecule has 5 heteroatoms. The Bertz CT molecular complexity index is 883. The molecule has 0 saturated heterocycles. The Balaban J connectivity index is 2.17. The van der Waals surface area contributed by atoms with Gasteiger partial charge < -0.3 is 0 Å². The Kier molecular flexibility index (Phi) is 5.00. The maximum absolute atomic E-state index is 6.08. The quantitative estimate of drug-likeness (QED) is 0.562. The monoisotopic (exact) mass is 352 g/mol. The van der Waals surface area contributed by atoms with E-state index >= 15 is 0 Å². The Morgan fingerprint density at radius 1 is 1.24 bits per heavy atom. The fourth-order valence-electron chi connectivity index (χ4n) is 3.13. The van der Waals surface area contributed by atoms with Crippen LogP contribution in [-0.2, 0) is 6.42 Å². The normalized spacial score (nSPS) is 15.1. The summed E-state index contributed by atoms with van der Waals surface area (Å²) in [6.45, 7) is 9.99. The topological polar surface area (TPSA) is 41.4 Å². The van der Waals surface area contributed by atoms with Gasteiger partial charge in [-0.15, -0.1) is 0 Å². The number of hydrazone groups is 1. The predicted octanol–water partition coefficient (Wildman–Crippen LogP) is 5.18. The van der Waals surface area contributed by atoms with Crippen LogP contribution in [0.15, 0.2) is 35.7 Å². The van der Waals surface area contributed by atoms with Crippen molar-refractivity contribution in [3.8, 4) is 0 Å². The van der Waals surface area contributed by atoms with Crippen molar-refractivity contribution in [2.75, 3.05) is 0 Å². The highest BCUT2D eigenvalue weighted by Crippen LogP contribution is 2.39. The number of nitrogens with zero attached hydrogens (tertiary/aromatic N) is 4. The van der Waals surface area contributed by atoms with Crippen LogP contribution in [0.2, 0.25) is 5.15 Å². The van der Waals surface area contributed by atoms with Crippen LogP contribution in [-0.4, -0.2) is 21.7 Å². The standard InChI is InChI=1S/C20H21ClN4/c1-5-7-15-8-13(3)17(12-23-15)19-9-14-11-24-20(21)10-16(14)18(6-2)25(19)22-4/h6,8-12H,4-5,7H2,1-3H3/b18-6-. The summed E-state index contributed by atoms with van der Waals surface area (Å²) in [5.41, 5.74) is 7.18. The van der Waals surface area contributed by atoms with Gasteiger partial charge in [0.1, 0.15) is 5.15 Å². The van der Waals surface area contributed by atoms with Crippen LogP contribution in [0.5, 0.6) is 0 Å². The number of allylic oxidation sites excluding steroid dienone is 1. The van der Waals surface area contributed by atoms with E-state index in [1.165, 1.54) is 5.56 Å². The van der Waals surface area contributed by atoms with Gasteiger partial charge in [0.05, 0.1) is 11.4 Å². The molecule has 3 rings (SSSR count). The number of rotatable bonds is 4. The zero-order valence-corrected chi connectivity index (χ0v) is 15.5. The minimum absolute atomic E-state index is 0.459. The van der Waals surface area contributed by atoms with E-state index in [1.807, 2.05) is 30.3 Å². The molecule has 2 aromatic rings. The molecule has 2 aromatic heterocycles. The summed E-state index contributed by atoms with van der Waals surface area (Å²) in [4.78, 5) is 8.82. The SMILES string of the molecule is C=NN1C(c2cnc(CCC)cc2C)=Cc2cnc(Cl)cc2/C1=C/C. The first-order chi connectivity index (χ1) is 12.1. The molecule has 0 fully saturated rings. The van der Waals surface area contributed by atoms with E-state index in [9.17, 15) is 0 Å². The highest BCUT2D eigenvalue weighted by atomic mass is 35.5. The van der Waals surface area contributed by atoms with E-state index in [-0.39, 0.29) is 0 Å². The van der Waals surface area contributed by atoms with E-state index in [1.54, 1.807) is 6.20 Å². The van der Waals surface area contributed by atoms with Gasteiger partial charge in [0, 0.05) is 41.5 Å². The number of aromatic nitrogens is 2. The Morgan fingerprint density at radius 3 is 2.68 bits per heavy atom.